The Balaban J connectivity index is 1.75. The second kappa shape index (κ2) is 7.41. The third-order valence-electron chi connectivity index (χ3n) is 5.22. The zero-order chi connectivity index (χ0) is 14.5. The van der Waals surface area contributed by atoms with E-state index in [1.165, 1.54) is 44.9 Å². The van der Waals surface area contributed by atoms with Gasteiger partial charge in [-0.1, -0.05) is 6.42 Å². The van der Waals surface area contributed by atoms with Crippen LogP contribution in [0.25, 0.3) is 0 Å². The van der Waals surface area contributed by atoms with Gasteiger partial charge in [-0.2, -0.15) is 0 Å². The van der Waals surface area contributed by atoms with Gasteiger partial charge in [-0.3, -0.25) is 10.2 Å². The molecule has 20 heavy (non-hydrogen) atoms. The van der Waals surface area contributed by atoms with Crippen molar-refractivity contribution in [1.82, 2.24) is 10.4 Å². The maximum absolute atomic E-state index is 12.2. The third kappa shape index (κ3) is 4.19. The van der Waals surface area contributed by atoms with Crippen molar-refractivity contribution in [3.63, 3.8) is 0 Å². The molecule has 2 unspecified atom stereocenters. The van der Waals surface area contributed by atoms with Crippen LogP contribution in [0.3, 0.4) is 0 Å². The van der Waals surface area contributed by atoms with E-state index in [2.05, 4.69) is 24.3 Å². The van der Waals surface area contributed by atoms with Crippen molar-refractivity contribution in [2.24, 2.45) is 17.6 Å². The topological polar surface area (TPSA) is 58.4 Å². The maximum atomic E-state index is 12.2. The summed E-state index contributed by atoms with van der Waals surface area (Å²) in [6.07, 6.45) is 9.07. The van der Waals surface area contributed by atoms with Crippen LogP contribution in [0.5, 0.6) is 0 Å². The molecule has 0 radical (unpaired) electrons. The fraction of sp³-hybridized carbons (Fsp3) is 0.938. The van der Waals surface area contributed by atoms with E-state index in [-0.39, 0.29) is 5.91 Å². The quantitative estimate of drug-likeness (QED) is 0.832. The molecule has 0 aromatic carbocycles. The smallest absolute Gasteiger partial charge is 0.234 e. The largest absolute Gasteiger partial charge is 0.330 e. The number of amides is 1. The normalized spacial score (nSPS) is 35.8. The van der Waals surface area contributed by atoms with Crippen LogP contribution in [0.15, 0.2) is 0 Å². The predicted octanol–water partition coefficient (Wildman–Crippen LogP) is 2.44. The summed E-state index contributed by atoms with van der Waals surface area (Å²) >= 11 is 0. The lowest BCUT2D eigenvalue weighted by atomic mass is 9.80. The maximum Gasteiger partial charge on any atom is 0.234 e. The molecule has 4 heteroatoms. The fourth-order valence-electron chi connectivity index (χ4n) is 3.76. The van der Waals surface area contributed by atoms with Crippen LogP contribution in [0.4, 0.5) is 0 Å². The van der Waals surface area contributed by atoms with Crippen LogP contribution in [-0.2, 0) is 4.79 Å². The summed E-state index contributed by atoms with van der Waals surface area (Å²) < 4.78 is 0. The van der Waals surface area contributed by atoms with Gasteiger partial charge in [0.2, 0.25) is 5.91 Å². The fourth-order valence-corrected chi connectivity index (χ4v) is 3.76. The lowest BCUT2D eigenvalue weighted by Gasteiger charge is -2.39. The number of hydrazine groups is 1. The molecule has 3 N–H and O–H groups in total. The summed E-state index contributed by atoms with van der Waals surface area (Å²) in [5, 5.41) is 2.18. The highest BCUT2D eigenvalue weighted by Gasteiger charge is 2.27. The average molecular weight is 281 g/mol. The summed E-state index contributed by atoms with van der Waals surface area (Å²) in [5.74, 6) is 1.46. The number of carbonyl (C=O) groups excluding carboxylic acids is 1. The van der Waals surface area contributed by atoms with E-state index < -0.39 is 0 Å². The highest BCUT2D eigenvalue weighted by molar-refractivity contribution is 5.75. The molecule has 2 aliphatic rings. The molecule has 0 aromatic rings. The Labute approximate surface area is 123 Å². The van der Waals surface area contributed by atoms with Gasteiger partial charge < -0.3 is 5.73 Å². The molecule has 0 aromatic heterocycles. The Morgan fingerprint density at radius 2 is 1.60 bits per heavy atom. The van der Waals surface area contributed by atoms with Crippen molar-refractivity contribution in [3.8, 4) is 0 Å². The first-order valence-electron chi connectivity index (χ1n) is 8.38. The predicted molar refractivity (Wildman–Crippen MR) is 81.9 cm³/mol. The monoisotopic (exact) mass is 281 g/mol. The Hall–Kier alpha value is -0.610. The number of nitrogens with zero attached hydrogens (tertiary/aromatic N) is 1. The zero-order valence-corrected chi connectivity index (χ0v) is 13.1. The third-order valence-corrected chi connectivity index (χ3v) is 5.22. The lowest BCUT2D eigenvalue weighted by Crippen LogP contribution is -2.54. The second-order valence-electron chi connectivity index (χ2n) is 6.90. The van der Waals surface area contributed by atoms with Gasteiger partial charge in [-0.05, 0) is 70.8 Å². The van der Waals surface area contributed by atoms with Gasteiger partial charge in [-0.25, -0.2) is 5.01 Å². The van der Waals surface area contributed by atoms with Gasteiger partial charge in [0.25, 0.3) is 0 Å². The molecule has 2 fully saturated rings. The minimum absolute atomic E-state index is 0.210. The minimum Gasteiger partial charge on any atom is -0.330 e. The van der Waals surface area contributed by atoms with Crippen LogP contribution < -0.4 is 11.2 Å². The lowest BCUT2D eigenvalue weighted by molar-refractivity contribution is -0.130. The van der Waals surface area contributed by atoms with Gasteiger partial charge in [0.15, 0.2) is 0 Å². The van der Waals surface area contributed by atoms with E-state index in [1.54, 1.807) is 0 Å². The molecular formula is C16H31N3O. The molecule has 2 atom stereocenters. The molecule has 0 bridgehead atoms. The number of nitrogens with one attached hydrogen (secondary N) is 1. The number of hydrogen-bond acceptors (Lipinski definition) is 3. The summed E-state index contributed by atoms with van der Waals surface area (Å²) in [5.41, 5.74) is 8.88. The number of rotatable bonds is 4. The van der Waals surface area contributed by atoms with Crippen LogP contribution in [0.2, 0.25) is 0 Å². The summed E-state index contributed by atoms with van der Waals surface area (Å²) in [4.78, 5) is 12.2. The summed E-state index contributed by atoms with van der Waals surface area (Å²) in [6, 6.07) is 0.936. The second-order valence-corrected chi connectivity index (χ2v) is 6.90. The molecule has 0 spiro atoms. The first-order chi connectivity index (χ1) is 9.60. The van der Waals surface area contributed by atoms with Gasteiger partial charge in [-0.15, -0.1) is 0 Å². The summed E-state index contributed by atoms with van der Waals surface area (Å²) in [6.45, 7) is 5.23. The van der Waals surface area contributed by atoms with E-state index in [0.29, 0.717) is 30.3 Å². The molecule has 1 heterocycles. The highest BCUT2D eigenvalue weighted by Crippen LogP contribution is 2.30. The number of carbonyl (C=O) groups is 1. The number of hydrogen-bond donors (Lipinski definition) is 2. The molecule has 2 rings (SSSR count). The standard InChI is InChI=1S/C16H31N3O/c1-12-4-3-5-13(2)19(12)18-16(20)10-14-6-8-15(11-17)9-7-14/h12-15H,3-11,17H2,1-2H3,(H,18,20). The molecule has 1 aliphatic heterocycles. The van der Waals surface area contributed by atoms with Crippen molar-refractivity contribution in [1.29, 1.82) is 0 Å². The first kappa shape index (κ1) is 15.8. The first-order valence-corrected chi connectivity index (χ1v) is 8.38. The number of nitrogens with two attached hydrogens (primary N) is 1. The Morgan fingerprint density at radius 3 is 2.15 bits per heavy atom. The Morgan fingerprint density at radius 1 is 1.05 bits per heavy atom. The van der Waals surface area contributed by atoms with Crippen molar-refractivity contribution in [3.05, 3.63) is 0 Å². The Kier molecular flexibility index (Phi) is 5.85. The van der Waals surface area contributed by atoms with Crippen molar-refractivity contribution in [2.75, 3.05) is 6.54 Å². The van der Waals surface area contributed by atoms with Gasteiger partial charge in [0.05, 0.1) is 0 Å². The van der Waals surface area contributed by atoms with Crippen molar-refractivity contribution in [2.45, 2.75) is 77.3 Å². The van der Waals surface area contributed by atoms with E-state index in [9.17, 15) is 4.79 Å². The van der Waals surface area contributed by atoms with Gasteiger partial charge in [0.1, 0.15) is 0 Å². The van der Waals surface area contributed by atoms with Crippen LogP contribution in [0.1, 0.15) is 65.2 Å². The SMILES string of the molecule is CC1CCCC(C)N1NC(=O)CC1CCC(CN)CC1. The molecule has 4 nitrogen and oxygen atoms in total. The molecule has 116 valence electrons. The van der Waals surface area contributed by atoms with Gasteiger partial charge in [0, 0.05) is 18.5 Å². The van der Waals surface area contributed by atoms with E-state index >= 15 is 0 Å². The van der Waals surface area contributed by atoms with Crippen molar-refractivity contribution < 1.29 is 4.79 Å². The van der Waals surface area contributed by atoms with Gasteiger partial charge >= 0.3 is 0 Å². The summed E-state index contributed by atoms with van der Waals surface area (Å²) in [7, 11) is 0. The molecule has 1 saturated carbocycles. The van der Waals surface area contributed by atoms with Crippen LogP contribution in [-0.4, -0.2) is 29.5 Å². The average Bonchev–Trinajstić information content (AvgIpc) is 2.44. The van der Waals surface area contributed by atoms with E-state index in [4.69, 9.17) is 5.73 Å². The molecule has 1 saturated heterocycles. The minimum atomic E-state index is 0.210. The van der Waals surface area contributed by atoms with Crippen LogP contribution in [0, 0.1) is 11.8 Å². The van der Waals surface area contributed by atoms with Crippen molar-refractivity contribution >= 4 is 5.91 Å². The Bertz CT molecular complexity index is 303. The highest BCUT2D eigenvalue weighted by atomic mass is 16.2. The van der Waals surface area contributed by atoms with E-state index in [1.807, 2.05) is 0 Å². The number of piperidine rings is 1. The van der Waals surface area contributed by atoms with Crippen LogP contribution >= 0.6 is 0 Å². The van der Waals surface area contributed by atoms with E-state index in [0.717, 1.165) is 6.54 Å². The molecule has 1 amide bonds. The molecule has 1 aliphatic carbocycles. The molecular weight excluding hydrogens is 250 g/mol. The zero-order valence-electron chi connectivity index (χ0n) is 13.1.